The number of nitrogens with zero attached hydrogens (tertiary/aromatic N) is 2. The molecule has 4 aromatic carbocycles. The van der Waals surface area contributed by atoms with Crippen molar-refractivity contribution in [2.24, 2.45) is 0 Å². The Labute approximate surface area is 288 Å². The maximum absolute atomic E-state index is 12.6. The molecule has 12 heteroatoms. The van der Waals surface area contributed by atoms with Gasteiger partial charge >= 0.3 is 11.9 Å². The molecule has 0 aliphatic carbocycles. The quantitative estimate of drug-likeness (QED) is 0.0906. The van der Waals surface area contributed by atoms with Crippen LogP contribution in [0.25, 0.3) is 0 Å². The second-order valence-electron chi connectivity index (χ2n) is 11.4. The molecule has 252 valence electrons. The van der Waals surface area contributed by atoms with Crippen LogP contribution in [0.5, 0.6) is 23.0 Å². The monoisotopic (exact) mass is 692 g/mol. The number of hydrogen-bond donors (Lipinski definition) is 3. The number of carboxylic acid groups (broad SMARTS) is 1. The summed E-state index contributed by atoms with van der Waals surface area (Å²) in [6.45, 7) is 6.44. The van der Waals surface area contributed by atoms with Gasteiger partial charge in [-0.25, -0.2) is 9.59 Å². The molecule has 5 rings (SSSR count). The summed E-state index contributed by atoms with van der Waals surface area (Å²) in [4.78, 5) is 42.4. The lowest BCUT2D eigenvalue weighted by molar-refractivity contribution is 0.0681. The van der Waals surface area contributed by atoms with Gasteiger partial charge in [0.15, 0.2) is 6.29 Å². The Balaban J connectivity index is 0.000000223. The first-order valence-electron chi connectivity index (χ1n) is 14.9. The number of carboxylic acids is 1. The number of halogens is 1. The van der Waals surface area contributed by atoms with Gasteiger partial charge in [-0.3, -0.25) is 4.79 Å². The first kappa shape index (κ1) is 36.1. The Hall–Kier alpha value is -4.71. The Bertz CT molecular complexity index is 1880. The Morgan fingerprint density at radius 1 is 0.917 bits per heavy atom. The van der Waals surface area contributed by atoms with Crippen LogP contribution in [-0.4, -0.2) is 72.7 Å². The number of carbonyl (C=O) groups excluding carboxylic acids is 2. The molecule has 3 N–H and O–H groups in total. The molecule has 0 saturated heterocycles. The van der Waals surface area contributed by atoms with Gasteiger partial charge in [0.25, 0.3) is 0 Å². The summed E-state index contributed by atoms with van der Waals surface area (Å²) in [5.41, 5.74) is 2.21. The molecule has 0 spiro atoms. The molecule has 0 bridgehead atoms. The summed E-state index contributed by atoms with van der Waals surface area (Å²) in [5, 5.41) is 30.3. The summed E-state index contributed by atoms with van der Waals surface area (Å²) >= 11 is 8.03. The highest BCUT2D eigenvalue weighted by Gasteiger charge is 2.26. The molecule has 10 nitrogen and oxygen atoms in total. The van der Waals surface area contributed by atoms with Gasteiger partial charge in [0.05, 0.1) is 24.0 Å². The van der Waals surface area contributed by atoms with Crippen LogP contribution < -0.4 is 14.4 Å². The molecule has 4 aromatic rings. The fraction of sp³-hybridized carbons (Fsp3) is 0.250. The van der Waals surface area contributed by atoms with Crippen molar-refractivity contribution in [1.29, 1.82) is 0 Å². The summed E-state index contributed by atoms with van der Waals surface area (Å²) in [6.07, 6.45) is 1.47. The van der Waals surface area contributed by atoms with Crippen molar-refractivity contribution in [3.8, 4) is 23.0 Å². The average molecular weight is 693 g/mol. The number of aromatic hydroxyl groups is 2. The number of ether oxygens (including phenoxy) is 2. The number of carbonyl (C=O) groups is 3. The zero-order chi connectivity index (χ0) is 35.3. The number of phenols is 2. The number of rotatable bonds is 9. The zero-order valence-corrected chi connectivity index (χ0v) is 29.0. The first-order valence-corrected chi connectivity index (χ1v) is 16.1. The van der Waals surface area contributed by atoms with E-state index in [9.17, 15) is 29.7 Å². The molecular formula is C36H37ClN2O8S. The number of hydrogen-bond acceptors (Lipinski definition) is 10. The van der Waals surface area contributed by atoms with E-state index in [4.69, 9.17) is 21.1 Å². The van der Waals surface area contributed by atoms with Gasteiger partial charge in [-0.05, 0) is 101 Å². The van der Waals surface area contributed by atoms with Crippen molar-refractivity contribution in [2.75, 3.05) is 39.2 Å². The van der Waals surface area contributed by atoms with Gasteiger partial charge in [-0.15, -0.1) is 0 Å². The maximum atomic E-state index is 12.6. The molecule has 1 aliphatic heterocycles. The number of para-hydroxylation sites is 1. The molecule has 0 radical (unpaired) electrons. The highest BCUT2D eigenvalue weighted by Crippen LogP contribution is 2.48. The van der Waals surface area contributed by atoms with Gasteiger partial charge in [0, 0.05) is 26.9 Å². The van der Waals surface area contributed by atoms with E-state index >= 15 is 0 Å². The van der Waals surface area contributed by atoms with Crippen LogP contribution >= 0.6 is 23.4 Å². The molecule has 0 atom stereocenters. The highest BCUT2D eigenvalue weighted by molar-refractivity contribution is 7.99. The van der Waals surface area contributed by atoms with Crippen LogP contribution in [0.3, 0.4) is 0 Å². The van der Waals surface area contributed by atoms with E-state index in [-0.39, 0.29) is 39.3 Å². The van der Waals surface area contributed by atoms with Crippen molar-refractivity contribution >= 4 is 53.0 Å². The second kappa shape index (κ2) is 15.5. The van der Waals surface area contributed by atoms with E-state index in [0.717, 1.165) is 24.5 Å². The fourth-order valence-corrected chi connectivity index (χ4v) is 6.55. The molecule has 0 saturated carbocycles. The Morgan fingerprint density at radius 3 is 2.23 bits per heavy atom. The minimum Gasteiger partial charge on any atom is -0.507 e. The maximum Gasteiger partial charge on any atom is 0.347 e. The van der Waals surface area contributed by atoms with E-state index < -0.39 is 23.4 Å². The number of esters is 1. The molecule has 0 amide bonds. The van der Waals surface area contributed by atoms with Crippen LogP contribution in [-0.2, 0) is 0 Å². The lowest BCUT2D eigenvalue weighted by atomic mass is 10.0. The summed E-state index contributed by atoms with van der Waals surface area (Å²) < 4.78 is 10.3. The highest BCUT2D eigenvalue weighted by atomic mass is 35.5. The van der Waals surface area contributed by atoms with Gasteiger partial charge in [0.1, 0.15) is 34.1 Å². The number of fused-ring (bicyclic) bond motifs is 2. The number of aryl methyl sites for hydroxylation is 2. The standard InChI is InChI=1S/C19H18O8.C17H19ClN2S/c1-8-5-13(26-4)11(7-20)17(22)14(8)19(25)27-12-6-9(2)16(21)15(10(12)3)18(23)24;1-19(2)10-5-11-20-14-6-3-4-7-16(14)21-17-9-8-13(18)12-15(17)20/h5-7,21-22H,1-4H3,(H,23,24);3-4,6-9,12H,5,10-11H2,1-2H3. The minimum atomic E-state index is -1.38. The topological polar surface area (TPSA) is 137 Å². The normalized spacial score (nSPS) is 11.6. The van der Waals surface area contributed by atoms with Crippen LogP contribution in [0.1, 0.15) is 54.2 Å². The van der Waals surface area contributed by atoms with Crippen LogP contribution in [0.15, 0.2) is 64.4 Å². The predicted molar refractivity (Wildman–Crippen MR) is 186 cm³/mol. The number of benzene rings is 4. The van der Waals surface area contributed by atoms with Crippen molar-refractivity contribution in [3.05, 3.63) is 93.0 Å². The number of anilines is 2. The lowest BCUT2D eigenvalue weighted by Crippen LogP contribution is -2.25. The Morgan fingerprint density at radius 2 is 1.58 bits per heavy atom. The van der Waals surface area contributed by atoms with Gasteiger partial charge in [-0.1, -0.05) is 35.5 Å². The van der Waals surface area contributed by atoms with E-state index in [1.54, 1.807) is 0 Å². The largest absolute Gasteiger partial charge is 0.507 e. The molecule has 1 aliphatic rings. The Kier molecular flexibility index (Phi) is 11.6. The van der Waals surface area contributed by atoms with E-state index in [1.807, 2.05) is 17.8 Å². The first-order chi connectivity index (χ1) is 22.8. The summed E-state index contributed by atoms with van der Waals surface area (Å²) in [6, 6.07) is 17.5. The molecule has 0 fully saturated rings. The van der Waals surface area contributed by atoms with Gasteiger partial charge in [0.2, 0.25) is 0 Å². The zero-order valence-electron chi connectivity index (χ0n) is 27.5. The number of methoxy groups -OCH3 is 1. The van der Waals surface area contributed by atoms with E-state index in [1.165, 1.54) is 61.2 Å². The number of aromatic carboxylic acids is 1. The van der Waals surface area contributed by atoms with Crippen molar-refractivity contribution < 1.29 is 39.2 Å². The third-order valence-electron chi connectivity index (χ3n) is 7.74. The number of phenolic OH excluding ortho intramolecular Hbond substituents is 1. The minimum absolute atomic E-state index is 0.0419. The van der Waals surface area contributed by atoms with Crippen molar-refractivity contribution in [3.63, 3.8) is 0 Å². The number of aldehydes is 1. The van der Waals surface area contributed by atoms with Crippen LogP contribution in [0, 0.1) is 20.8 Å². The third-order valence-corrected chi connectivity index (χ3v) is 9.10. The van der Waals surface area contributed by atoms with Gasteiger partial charge in [-0.2, -0.15) is 0 Å². The third kappa shape index (κ3) is 7.70. The molecule has 0 aromatic heterocycles. The SMILES string of the molecule is CN(C)CCCN1c2ccccc2Sc2ccc(Cl)cc21.COc1cc(C)c(C(=O)Oc2cc(C)c(O)c(C(=O)O)c2C)c(O)c1C=O. The van der Waals surface area contributed by atoms with Crippen molar-refractivity contribution in [1.82, 2.24) is 4.90 Å². The van der Waals surface area contributed by atoms with Crippen LogP contribution in [0.4, 0.5) is 11.4 Å². The molecule has 48 heavy (non-hydrogen) atoms. The lowest BCUT2D eigenvalue weighted by Gasteiger charge is -2.33. The molecule has 0 unspecified atom stereocenters. The van der Waals surface area contributed by atoms with Crippen molar-refractivity contribution in [2.45, 2.75) is 37.0 Å². The molecule has 1 heterocycles. The van der Waals surface area contributed by atoms with E-state index in [2.05, 4.69) is 60.3 Å². The second-order valence-corrected chi connectivity index (χ2v) is 12.9. The average Bonchev–Trinajstić information content (AvgIpc) is 3.03. The summed E-state index contributed by atoms with van der Waals surface area (Å²) in [7, 11) is 5.55. The van der Waals surface area contributed by atoms with Gasteiger partial charge < -0.3 is 34.6 Å². The van der Waals surface area contributed by atoms with E-state index in [0.29, 0.717) is 11.8 Å². The summed E-state index contributed by atoms with van der Waals surface area (Å²) in [5.74, 6) is -3.38. The smallest absolute Gasteiger partial charge is 0.347 e. The fourth-order valence-electron chi connectivity index (χ4n) is 5.30. The predicted octanol–water partition coefficient (Wildman–Crippen LogP) is 7.66. The molecular weight excluding hydrogens is 656 g/mol. The van der Waals surface area contributed by atoms with Crippen LogP contribution in [0.2, 0.25) is 5.02 Å².